The van der Waals surface area contributed by atoms with Gasteiger partial charge >= 0.3 is 0 Å². The van der Waals surface area contributed by atoms with Crippen LogP contribution in [-0.2, 0) is 0 Å². The smallest absolute Gasteiger partial charge is 0.196 e. The van der Waals surface area contributed by atoms with Crippen LogP contribution in [0.25, 0.3) is 0 Å². The van der Waals surface area contributed by atoms with Gasteiger partial charge in [-0.25, -0.2) is 0 Å². The third kappa shape index (κ3) is 3.08. The van der Waals surface area contributed by atoms with Gasteiger partial charge in [-0.05, 0) is 36.8 Å². The van der Waals surface area contributed by atoms with Crippen molar-refractivity contribution < 1.29 is 4.79 Å². The van der Waals surface area contributed by atoms with Crippen LogP contribution in [0, 0.1) is 6.92 Å². The highest BCUT2D eigenvalue weighted by molar-refractivity contribution is 6.51. The molecule has 20 heavy (non-hydrogen) atoms. The Balaban J connectivity index is 2.62. The van der Waals surface area contributed by atoms with Gasteiger partial charge in [0.2, 0.25) is 0 Å². The molecular weight excluding hydrogens is 361 g/mol. The number of ketones is 1. The van der Waals surface area contributed by atoms with Gasteiger partial charge in [-0.3, -0.25) is 4.79 Å². The molecule has 104 valence electrons. The first-order valence-corrected chi connectivity index (χ1v) is 7.35. The van der Waals surface area contributed by atoms with Crippen LogP contribution >= 0.6 is 58.0 Å². The Morgan fingerprint density at radius 1 is 0.850 bits per heavy atom. The van der Waals surface area contributed by atoms with Crippen molar-refractivity contribution in [2.75, 3.05) is 0 Å². The molecule has 0 aromatic heterocycles. The number of benzene rings is 2. The zero-order valence-corrected chi connectivity index (χ0v) is 13.9. The minimum atomic E-state index is -0.357. The molecule has 6 heteroatoms. The van der Waals surface area contributed by atoms with Gasteiger partial charge in [-0.15, -0.1) is 0 Å². The summed E-state index contributed by atoms with van der Waals surface area (Å²) in [5, 5.41) is 0.930. The predicted octanol–water partition coefficient (Wildman–Crippen LogP) is 6.49. The maximum atomic E-state index is 12.5. The number of carbonyl (C=O) groups excluding carboxylic acids is 1. The number of halogens is 5. The molecule has 0 radical (unpaired) electrons. The number of rotatable bonds is 2. The van der Waals surface area contributed by atoms with Crippen LogP contribution in [0.15, 0.2) is 24.3 Å². The van der Waals surface area contributed by atoms with E-state index in [1.165, 1.54) is 6.07 Å². The molecule has 0 aliphatic heterocycles. The van der Waals surface area contributed by atoms with E-state index in [1.54, 1.807) is 18.2 Å². The van der Waals surface area contributed by atoms with E-state index in [-0.39, 0.29) is 31.4 Å². The van der Waals surface area contributed by atoms with Crippen molar-refractivity contribution >= 4 is 63.8 Å². The quantitative estimate of drug-likeness (QED) is 0.336. The highest BCUT2D eigenvalue weighted by Crippen LogP contribution is 2.38. The molecule has 2 aromatic carbocycles. The Hall–Kier alpha value is -0.440. The van der Waals surface area contributed by atoms with E-state index < -0.39 is 0 Å². The highest BCUT2D eigenvalue weighted by atomic mass is 35.5. The minimum Gasteiger partial charge on any atom is -0.288 e. The van der Waals surface area contributed by atoms with Gasteiger partial charge in [0.1, 0.15) is 0 Å². The molecule has 0 atom stereocenters. The molecule has 0 fully saturated rings. The average molecular weight is 368 g/mol. The number of hydrogen-bond acceptors (Lipinski definition) is 1. The van der Waals surface area contributed by atoms with E-state index in [1.807, 2.05) is 6.92 Å². The Labute approximate surface area is 141 Å². The van der Waals surface area contributed by atoms with Crippen molar-refractivity contribution in [3.05, 3.63) is 66.1 Å². The summed E-state index contributed by atoms with van der Waals surface area (Å²) in [6, 6.07) is 6.38. The Kier molecular flexibility index (Phi) is 4.88. The van der Waals surface area contributed by atoms with Crippen molar-refractivity contribution in [3.8, 4) is 0 Å². The summed E-state index contributed by atoms with van der Waals surface area (Å²) in [5.74, 6) is -0.357. The van der Waals surface area contributed by atoms with Crippen LogP contribution in [0.4, 0.5) is 0 Å². The lowest BCUT2D eigenvalue weighted by Gasteiger charge is -2.10. The van der Waals surface area contributed by atoms with Crippen LogP contribution in [0.1, 0.15) is 21.5 Å². The molecular formula is C14H7Cl5O. The summed E-state index contributed by atoms with van der Waals surface area (Å²) < 4.78 is 0. The maximum absolute atomic E-state index is 12.5. The van der Waals surface area contributed by atoms with Crippen molar-refractivity contribution in [1.29, 1.82) is 0 Å². The fourth-order valence-corrected chi connectivity index (χ4v) is 3.16. The van der Waals surface area contributed by atoms with Gasteiger partial charge in [0.15, 0.2) is 5.78 Å². The monoisotopic (exact) mass is 366 g/mol. The van der Waals surface area contributed by atoms with Gasteiger partial charge in [-0.1, -0.05) is 58.0 Å². The molecule has 0 unspecified atom stereocenters. The van der Waals surface area contributed by atoms with E-state index in [4.69, 9.17) is 58.0 Å². The van der Waals surface area contributed by atoms with Gasteiger partial charge < -0.3 is 0 Å². The summed E-state index contributed by atoms with van der Waals surface area (Å²) >= 11 is 29.9. The van der Waals surface area contributed by atoms with Crippen molar-refractivity contribution in [3.63, 3.8) is 0 Å². The van der Waals surface area contributed by atoms with E-state index in [0.717, 1.165) is 5.56 Å². The summed E-state index contributed by atoms with van der Waals surface area (Å²) in [7, 11) is 0. The molecule has 2 aromatic rings. The van der Waals surface area contributed by atoms with Gasteiger partial charge in [0.25, 0.3) is 0 Å². The summed E-state index contributed by atoms with van der Waals surface area (Å²) in [6.45, 7) is 1.83. The topological polar surface area (TPSA) is 17.1 Å². The van der Waals surface area contributed by atoms with Gasteiger partial charge in [0, 0.05) is 10.6 Å². The second kappa shape index (κ2) is 6.13. The lowest BCUT2D eigenvalue weighted by molar-refractivity contribution is 0.103. The van der Waals surface area contributed by atoms with Crippen molar-refractivity contribution in [2.45, 2.75) is 6.92 Å². The average Bonchev–Trinajstić information content (AvgIpc) is 2.34. The normalized spacial score (nSPS) is 10.7. The lowest BCUT2D eigenvalue weighted by atomic mass is 10.0. The fraction of sp³-hybridized carbons (Fsp3) is 0.0714. The predicted molar refractivity (Wildman–Crippen MR) is 86.1 cm³/mol. The molecule has 0 saturated heterocycles. The zero-order chi connectivity index (χ0) is 15.0. The first-order chi connectivity index (χ1) is 9.31. The lowest BCUT2D eigenvalue weighted by Crippen LogP contribution is -2.04. The van der Waals surface area contributed by atoms with Crippen LogP contribution in [0.3, 0.4) is 0 Å². The highest BCUT2D eigenvalue weighted by Gasteiger charge is 2.21. The summed E-state index contributed by atoms with van der Waals surface area (Å²) in [5.41, 5.74) is 1.36. The Morgan fingerprint density at radius 2 is 1.50 bits per heavy atom. The number of hydrogen-bond donors (Lipinski definition) is 0. The summed E-state index contributed by atoms with van der Waals surface area (Å²) in [4.78, 5) is 12.5. The minimum absolute atomic E-state index is 0.0341. The SMILES string of the molecule is Cc1cc(Cl)cc(C(=O)c2c(Cl)cc(Cl)c(Cl)c2Cl)c1. The van der Waals surface area contributed by atoms with Crippen molar-refractivity contribution in [1.82, 2.24) is 0 Å². The second-order valence-corrected chi connectivity index (χ2v) is 6.20. The van der Waals surface area contributed by atoms with Crippen LogP contribution in [0.5, 0.6) is 0 Å². The van der Waals surface area contributed by atoms with Gasteiger partial charge in [-0.2, -0.15) is 0 Å². The number of carbonyl (C=O) groups is 1. The van der Waals surface area contributed by atoms with E-state index in [9.17, 15) is 4.79 Å². The maximum Gasteiger partial charge on any atom is 0.196 e. The summed E-state index contributed by atoms with van der Waals surface area (Å²) in [6.07, 6.45) is 0. The van der Waals surface area contributed by atoms with Crippen LogP contribution < -0.4 is 0 Å². The molecule has 0 aliphatic carbocycles. The van der Waals surface area contributed by atoms with E-state index in [2.05, 4.69) is 0 Å². The standard InChI is InChI=1S/C14H7Cl5O/c1-6-2-7(4-8(15)3-6)14(20)11-9(16)5-10(17)12(18)13(11)19/h2-5H,1H3. The van der Waals surface area contributed by atoms with Gasteiger partial charge in [0.05, 0.1) is 25.7 Å². The molecule has 0 N–H and O–H groups in total. The first-order valence-electron chi connectivity index (χ1n) is 5.46. The largest absolute Gasteiger partial charge is 0.288 e. The Morgan fingerprint density at radius 3 is 2.10 bits per heavy atom. The number of aryl methyl sites for hydroxylation is 1. The van der Waals surface area contributed by atoms with Crippen LogP contribution in [0.2, 0.25) is 25.1 Å². The first kappa shape index (κ1) is 15.9. The second-order valence-electron chi connectivity index (χ2n) is 4.19. The van der Waals surface area contributed by atoms with E-state index in [0.29, 0.717) is 10.6 Å². The fourth-order valence-electron chi connectivity index (χ4n) is 1.79. The van der Waals surface area contributed by atoms with Crippen molar-refractivity contribution in [2.24, 2.45) is 0 Å². The molecule has 0 amide bonds. The van der Waals surface area contributed by atoms with E-state index >= 15 is 0 Å². The molecule has 0 bridgehead atoms. The Bertz CT molecular complexity index is 689. The molecule has 0 heterocycles. The molecule has 0 saturated carbocycles. The van der Waals surface area contributed by atoms with Crippen LogP contribution in [-0.4, -0.2) is 5.78 Å². The third-order valence-electron chi connectivity index (χ3n) is 2.65. The molecule has 1 nitrogen and oxygen atoms in total. The molecule has 2 rings (SSSR count). The molecule has 0 aliphatic rings. The molecule has 0 spiro atoms. The zero-order valence-electron chi connectivity index (χ0n) is 10.1. The third-order valence-corrected chi connectivity index (χ3v) is 4.42.